The monoisotopic (exact) mass is 368 g/mol. The molecule has 0 aliphatic rings. The van der Waals surface area contributed by atoms with E-state index in [1.807, 2.05) is 86.6 Å². The quantitative estimate of drug-likeness (QED) is 0.501. The van der Waals surface area contributed by atoms with E-state index in [1.165, 1.54) is 0 Å². The first-order valence-electron chi connectivity index (χ1n) is 9.07. The van der Waals surface area contributed by atoms with Crippen molar-refractivity contribution < 1.29 is 10.2 Å². The number of para-hydroxylation sites is 2. The van der Waals surface area contributed by atoms with Crippen LogP contribution in [-0.4, -0.2) is 20.2 Å². The average molecular weight is 368 g/mol. The van der Waals surface area contributed by atoms with Gasteiger partial charge >= 0.3 is 0 Å². The van der Waals surface area contributed by atoms with Crippen molar-refractivity contribution in [3.63, 3.8) is 0 Å². The lowest BCUT2D eigenvalue weighted by molar-refractivity contribution is 0.472. The lowest BCUT2D eigenvalue weighted by Crippen LogP contribution is -1.93. The first-order chi connectivity index (χ1) is 13.5. The molecule has 0 unspecified atom stereocenters. The van der Waals surface area contributed by atoms with Gasteiger partial charge in [0.05, 0.1) is 22.8 Å². The van der Waals surface area contributed by atoms with Gasteiger partial charge in [0.1, 0.15) is 11.5 Å². The molecule has 2 heterocycles. The average Bonchev–Trinajstić information content (AvgIpc) is 2.72. The van der Waals surface area contributed by atoms with Gasteiger partial charge in [-0.1, -0.05) is 36.4 Å². The molecule has 0 amide bonds. The van der Waals surface area contributed by atoms with E-state index in [4.69, 9.17) is 9.97 Å². The summed E-state index contributed by atoms with van der Waals surface area (Å²) in [6.45, 7) is 3.73. The minimum Gasteiger partial charge on any atom is -0.507 e. The minimum atomic E-state index is 0.235. The van der Waals surface area contributed by atoms with Crippen LogP contribution in [0.5, 0.6) is 11.5 Å². The maximum atomic E-state index is 10.4. The van der Waals surface area contributed by atoms with Crippen molar-refractivity contribution in [2.24, 2.45) is 0 Å². The molecule has 4 rings (SSSR count). The molecule has 0 aliphatic carbocycles. The third kappa shape index (κ3) is 3.21. The third-order valence-corrected chi connectivity index (χ3v) is 4.79. The van der Waals surface area contributed by atoms with Gasteiger partial charge in [-0.3, -0.25) is 0 Å². The topological polar surface area (TPSA) is 66.2 Å². The molecule has 0 bridgehead atoms. The molecule has 0 aliphatic heterocycles. The normalized spacial score (nSPS) is 10.8. The lowest BCUT2D eigenvalue weighted by atomic mass is 10.0. The molecule has 2 N–H and O–H groups in total. The van der Waals surface area contributed by atoms with Gasteiger partial charge in [0.2, 0.25) is 0 Å². The van der Waals surface area contributed by atoms with E-state index in [-0.39, 0.29) is 11.5 Å². The number of hydrogen-bond acceptors (Lipinski definition) is 4. The first-order valence-corrected chi connectivity index (χ1v) is 9.07. The van der Waals surface area contributed by atoms with Crippen molar-refractivity contribution in [3.8, 4) is 45.4 Å². The van der Waals surface area contributed by atoms with E-state index in [9.17, 15) is 10.2 Å². The SMILES string of the molecule is Cc1cccc(-c2cccc(-c3cccc(-c4cccc(C)c4O)n3)n2)c1O. The lowest BCUT2D eigenvalue weighted by Gasteiger charge is -2.10. The predicted molar refractivity (Wildman–Crippen MR) is 111 cm³/mol. The molecule has 0 radical (unpaired) electrons. The number of pyridine rings is 2. The van der Waals surface area contributed by atoms with E-state index >= 15 is 0 Å². The van der Waals surface area contributed by atoms with Crippen LogP contribution in [0, 0.1) is 13.8 Å². The molecule has 28 heavy (non-hydrogen) atoms. The zero-order chi connectivity index (χ0) is 19.7. The van der Waals surface area contributed by atoms with Gasteiger partial charge in [-0.15, -0.1) is 0 Å². The van der Waals surface area contributed by atoms with Crippen LogP contribution >= 0.6 is 0 Å². The Bertz CT molecular complexity index is 1080. The maximum Gasteiger partial charge on any atom is 0.127 e. The molecule has 2 aromatic carbocycles. The summed E-state index contributed by atoms with van der Waals surface area (Å²) < 4.78 is 0. The van der Waals surface area contributed by atoms with Crippen LogP contribution in [0.3, 0.4) is 0 Å². The van der Waals surface area contributed by atoms with Crippen molar-refractivity contribution in [1.29, 1.82) is 0 Å². The van der Waals surface area contributed by atoms with Crippen LogP contribution in [0.1, 0.15) is 11.1 Å². The Balaban J connectivity index is 1.79. The number of nitrogens with zero attached hydrogens (tertiary/aromatic N) is 2. The Morgan fingerprint density at radius 2 is 0.857 bits per heavy atom. The fourth-order valence-electron chi connectivity index (χ4n) is 3.19. The van der Waals surface area contributed by atoms with Gasteiger partial charge in [0, 0.05) is 11.1 Å². The van der Waals surface area contributed by atoms with Crippen LogP contribution < -0.4 is 0 Å². The molecule has 4 heteroatoms. The zero-order valence-corrected chi connectivity index (χ0v) is 15.7. The molecule has 2 aromatic heterocycles. The van der Waals surface area contributed by atoms with E-state index in [0.717, 1.165) is 11.1 Å². The van der Waals surface area contributed by atoms with Crippen LogP contribution in [0.25, 0.3) is 33.9 Å². The number of phenolic OH excluding ortho intramolecular Hbond substituents is 2. The predicted octanol–water partition coefficient (Wildman–Crippen LogP) is 5.51. The second-order valence-corrected chi connectivity index (χ2v) is 6.76. The van der Waals surface area contributed by atoms with Crippen LogP contribution in [0.4, 0.5) is 0 Å². The Labute approximate surface area is 163 Å². The van der Waals surface area contributed by atoms with Crippen molar-refractivity contribution in [3.05, 3.63) is 83.9 Å². The highest BCUT2D eigenvalue weighted by atomic mass is 16.3. The molecule has 0 atom stereocenters. The number of hydrogen-bond donors (Lipinski definition) is 2. The van der Waals surface area contributed by atoms with E-state index in [0.29, 0.717) is 33.9 Å². The highest BCUT2D eigenvalue weighted by molar-refractivity contribution is 5.73. The molecule has 4 aromatic rings. The zero-order valence-electron chi connectivity index (χ0n) is 15.7. The second-order valence-electron chi connectivity index (χ2n) is 6.76. The van der Waals surface area contributed by atoms with E-state index in [1.54, 1.807) is 0 Å². The van der Waals surface area contributed by atoms with E-state index in [2.05, 4.69) is 0 Å². The number of phenols is 2. The third-order valence-electron chi connectivity index (χ3n) is 4.79. The second kappa shape index (κ2) is 7.16. The first kappa shape index (κ1) is 17.7. The number of aryl methyl sites for hydroxylation is 2. The number of aromatic hydroxyl groups is 2. The highest BCUT2D eigenvalue weighted by Gasteiger charge is 2.12. The van der Waals surface area contributed by atoms with E-state index < -0.39 is 0 Å². The summed E-state index contributed by atoms with van der Waals surface area (Å²) >= 11 is 0. The standard InChI is InChI=1S/C24H20N2O2/c1-15-7-3-9-17(23(15)27)19-11-5-13-21(25-19)22-14-6-12-20(26-22)18-10-4-8-16(2)24(18)28/h3-14,27-28H,1-2H3. The van der Waals surface area contributed by atoms with Crippen molar-refractivity contribution in [1.82, 2.24) is 9.97 Å². The summed E-state index contributed by atoms with van der Waals surface area (Å²) in [5.41, 5.74) is 5.76. The van der Waals surface area contributed by atoms with Crippen LogP contribution in [0.2, 0.25) is 0 Å². The number of rotatable bonds is 3. The largest absolute Gasteiger partial charge is 0.507 e. The molecule has 4 nitrogen and oxygen atoms in total. The van der Waals surface area contributed by atoms with Crippen LogP contribution in [0.15, 0.2) is 72.8 Å². The Morgan fingerprint density at radius 1 is 0.500 bits per heavy atom. The Morgan fingerprint density at radius 3 is 1.29 bits per heavy atom. The molecule has 0 saturated carbocycles. The highest BCUT2D eigenvalue weighted by Crippen LogP contribution is 2.33. The fourth-order valence-corrected chi connectivity index (χ4v) is 3.19. The summed E-state index contributed by atoms with van der Waals surface area (Å²) in [7, 11) is 0. The molecule has 138 valence electrons. The summed E-state index contributed by atoms with van der Waals surface area (Å²) in [4.78, 5) is 9.41. The van der Waals surface area contributed by atoms with Crippen molar-refractivity contribution >= 4 is 0 Å². The van der Waals surface area contributed by atoms with Crippen molar-refractivity contribution in [2.75, 3.05) is 0 Å². The van der Waals surface area contributed by atoms with Gasteiger partial charge in [-0.05, 0) is 61.4 Å². The van der Waals surface area contributed by atoms with Gasteiger partial charge in [0.25, 0.3) is 0 Å². The smallest absolute Gasteiger partial charge is 0.127 e. The van der Waals surface area contributed by atoms with Gasteiger partial charge < -0.3 is 10.2 Å². The molecule has 0 fully saturated rings. The minimum absolute atomic E-state index is 0.235. The van der Waals surface area contributed by atoms with Gasteiger partial charge in [-0.2, -0.15) is 0 Å². The Hall–Kier alpha value is -3.66. The summed E-state index contributed by atoms with van der Waals surface area (Å²) in [6.07, 6.45) is 0. The van der Waals surface area contributed by atoms with Crippen LogP contribution in [-0.2, 0) is 0 Å². The molecule has 0 saturated heterocycles. The number of aromatic nitrogens is 2. The summed E-state index contributed by atoms with van der Waals surface area (Å²) in [5.74, 6) is 0.470. The van der Waals surface area contributed by atoms with Gasteiger partial charge in [0.15, 0.2) is 0 Å². The Kier molecular flexibility index (Phi) is 4.53. The summed E-state index contributed by atoms with van der Waals surface area (Å²) in [6, 6.07) is 22.5. The molecular formula is C24H20N2O2. The summed E-state index contributed by atoms with van der Waals surface area (Å²) in [5, 5.41) is 20.8. The van der Waals surface area contributed by atoms with Gasteiger partial charge in [-0.25, -0.2) is 9.97 Å². The molecular weight excluding hydrogens is 348 g/mol. The fraction of sp³-hybridized carbons (Fsp3) is 0.0833. The number of benzene rings is 2. The maximum absolute atomic E-state index is 10.4. The van der Waals surface area contributed by atoms with Crippen molar-refractivity contribution in [2.45, 2.75) is 13.8 Å². The molecule has 0 spiro atoms.